The molecule has 0 amide bonds. The zero-order chi connectivity index (χ0) is 17.8. The van der Waals surface area contributed by atoms with Crippen LogP contribution in [0.5, 0.6) is 0 Å². The van der Waals surface area contributed by atoms with Gasteiger partial charge in [0.2, 0.25) is 0 Å². The van der Waals surface area contributed by atoms with Gasteiger partial charge in [-0.2, -0.15) is 0 Å². The first-order chi connectivity index (χ1) is 12.0. The van der Waals surface area contributed by atoms with Gasteiger partial charge in [0.15, 0.2) is 5.82 Å². The lowest BCUT2D eigenvalue weighted by Crippen LogP contribution is -2.00. The molecule has 0 bridgehead atoms. The molecule has 0 N–H and O–H groups in total. The van der Waals surface area contributed by atoms with Crippen LogP contribution in [0.4, 0.5) is 0 Å². The highest BCUT2D eigenvalue weighted by Crippen LogP contribution is 2.21. The Morgan fingerprint density at radius 2 is 1.72 bits per heavy atom. The number of ketones is 1. The molecule has 0 saturated heterocycles. The molecule has 0 spiro atoms. The predicted molar refractivity (Wildman–Crippen MR) is 101 cm³/mol. The van der Waals surface area contributed by atoms with E-state index >= 15 is 0 Å². The second-order valence-electron chi connectivity index (χ2n) is 6.21. The molecule has 25 heavy (non-hydrogen) atoms. The maximum absolute atomic E-state index is 11.2. The van der Waals surface area contributed by atoms with E-state index in [2.05, 4.69) is 22.1 Å². The molecule has 0 aliphatic rings. The van der Waals surface area contributed by atoms with Crippen LogP contribution >= 0.6 is 11.6 Å². The smallest absolute Gasteiger partial charge is 0.159 e. The topological polar surface area (TPSA) is 42.9 Å². The Hall–Kier alpha value is -2.52. The highest BCUT2D eigenvalue weighted by molar-refractivity contribution is 6.30. The maximum Gasteiger partial charge on any atom is 0.159 e. The number of aryl methyl sites for hydroxylation is 1. The third-order valence-corrected chi connectivity index (χ3v) is 4.09. The SMILES string of the molecule is CC(=O)Cc1ccc(Cc2cc(C)nc(-c3cccc(Cl)c3)n2)cc1. The van der Waals surface area contributed by atoms with Crippen LogP contribution in [0, 0.1) is 6.92 Å². The van der Waals surface area contributed by atoms with Gasteiger partial charge >= 0.3 is 0 Å². The Morgan fingerprint density at radius 3 is 2.40 bits per heavy atom. The van der Waals surface area contributed by atoms with Gasteiger partial charge in [-0.05, 0) is 43.2 Å². The second kappa shape index (κ2) is 7.58. The van der Waals surface area contributed by atoms with Gasteiger partial charge < -0.3 is 0 Å². The van der Waals surface area contributed by atoms with E-state index in [-0.39, 0.29) is 5.78 Å². The van der Waals surface area contributed by atoms with Crippen molar-refractivity contribution in [1.82, 2.24) is 9.97 Å². The molecule has 126 valence electrons. The standard InChI is InChI=1S/C21H19ClN2O/c1-14-10-20(12-17-8-6-16(7-9-17)11-15(2)25)24-21(23-14)18-4-3-5-19(22)13-18/h3-10,13H,11-12H2,1-2H3. The van der Waals surface area contributed by atoms with Gasteiger partial charge in [-0.25, -0.2) is 9.97 Å². The number of hydrogen-bond acceptors (Lipinski definition) is 3. The molecule has 0 fully saturated rings. The van der Waals surface area contributed by atoms with E-state index in [4.69, 9.17) is 11.6 Å². The number of Topliss-reactive ketones (excluding diaryl/α,β-unsaturated/α-hetero) is 1. The van der Waals surface area contributed by atoms with Crippen LogP contribution in [-0.4, -0.2) is 15.8 Å². The summed E-state index contributed by atoms with van der Waals surface area (Å²) in [6.07, 6.45) is 1.20. The molecule has 0 saturated carbocycles. The highest BCUT2D eigenvalue weighted by Gasteiger charge is 2.07. The monoisotopic (exact) mass is 350 g/mol. The minimum Gasteiger partial charge on any atom is -0.300 e. The van der Waals surface area contributed by atoms with Crippen LogP contribution in [0.1, 0.15) is 29.4 Å². The number of benzene rings is 2. The molecule has 0 aliphatic heterocycles. The fraction of sp³-hybridized carbons (Fsp3) is 0.190. The molecule has 4 heteroatoms. The number of halogens is 1. The minimum absolute atomic E-state index is 0.172. The van der Waals surface area contributed by atoms with Gasteiger partial charge in [-0.15, -0.1) is 0 Å². The third kappa shape index (κ3) is 4.74. The van der Waals surface area contributed by atoms with E-state index in [1.807, 2.05) is 49.4 Å². The summed E-state index contributed by atoms with van der Waals surface area (Å²) in [5.74, 6) is 0.857. The van der Waals surface area contributed by atoms with E-state index < -0.39 is 0 Å². The average Bonchev–Trinajstić information content (AvgIpc) is 2.56. The van der Waals surface area contributed by atoms with Crippen LogP contribution in [0.2, 0.25) is 5.02 Å². The number of aromatic nitrogens is 2. The van der Waals surface area contributed by atoms with Crippen molar-refractivity contribution in [2.75, 3.05) is 0 Å². The van der Waals surface area contributed by atoms with Crippen molar-refractivity contribution in [3.8, 4) is 11.4 Å². The summed E-state index contributed by atoms with van der Waals surface area (Å²) in [5, 5.41) is 0.671. The lowest BCUT2D eigenvalue weighted by Gasteiger charge is -2.07. The zero-order valence-electron chi connectivity index (χ0n) is 14.3. The minimum atomic E-state index is 0.172. The van der Waals surface area contributed by atoms with Gasteiger partial charge in [0.25, 0.3) is 0 Å². The van der Waals surface area contributed by atoms with Gasteiger partial charge in [-0.1, -0.05) is 48.0 Å². The van der Waals surface area contributed by atoms with Crippen molar-refractivity contribution in [3.05, 3.63) is 82.1 Å². The summed E-state index contributed by atoms with van der Waals surface area (Å²) in [4.78, 5) is 20.4. The van der Waals surface area contributed by atoms with Crippen molar-refractivity contribution in [3.63, 3.8) is 0 Å². The molecule has 2 aromatic carbocycles. The lowest BCUT2D eigenvalue weighted by molar-refractivity contribution is -0.116. The highest BCUT2D eigenvalue weighted by atomic mass is 35.5. The van der Waals surface area contributed by atoms with Crippen molar-refractivity contribution in [2.24, 2.45) is 0 Å². The Morgan fingerprint density at radius 1 is 1.00 bits per heavy atom. The molecule has 3 aromatic rings. The van der Waals surface area contributed by atoms with Gasteiger partial charge in [0.1, 0.15) is 5.78 Å². The first-order valence-corrected chi connectivity index (χ1v) is 8.55. The number of carbonyl (C=O) groups excluding carboxylic acids is 1. The zero-order valence-corrected chi connectivity index (χ0v) is 15.0. The van der Waals surface area contributed by atoms with Crippen LogP contribution in [0.3, 0.4) is 0 Å². The Bertz CT molecular complexity index is 904. The van der Waals surface area contributed by atoms with E-state index in [0.717, 1.165) is 34.5 Å². The Balaban J connectivity index is 1.84. The van der Waals surface area contributed by atoms with Gasteiger partial charge in [-0.3, -0.25) is 4.79 Å². The maximum atomic E-state index is 11.2. The van der Waals surface area contributed by atoms with Crippen LogP contribution in [0.15, 0.2) is 54.6 Å². The second-order valence-corrected chi connectivity index (χ2v) is 6.64. The summed E-state index contributed by atoms with van der Waals surface area (Å²) in [5.41, 5.74) is 4.99. The third-order valence-electron chi connectivity index (χ3n) is 3.85. The van der Waals surface area contributed by atoms with E-state index in [0.29, 0.717) is 17.3 Å². The van der Waals surface area contributed by atoms with E-state index in [1.165, 1.54) is 0 Å². The molecule has 0 atom stereocenters. The first-order valence-electron chi connectivity index (χ1n) is 8.17. The largest absolute Gasteiger partial charge is 0.300 e. The molecular weight excluding hydrogens is 332 g/mol. The summed E-state index contributed by atoms with van der Waals surface area (Å²) >= 11 is 6.08. The van der Waals surface area contributed by atoms with E-state index in [9.17, 15) is 4.79 Å². The molecule has 1 aromatic heterocycles. The fourth-order valence-corrected chi connectivity index (χ4v) is 2.94. The van der Waals surface area contributed by atoms with E-state index in [1.54, 1.807) is 6.92 Å². The van der Waals surface area contributed by atoms with Gasteiger partial charge in [0, 0.05) is 34.8 Å². The summed E-state index contributed by atoms with van der Waals surface area (Å²) in [6, 6.07) is 17.7. The predicted octanol–water partition coefficient (Wildman–Crippen LogP) is 4.83. The summed E-state index contributed by atoms with van der Waals surface area (Å²) in [6.45, 7) is 3.57. The Kier molecular flexibility index (Phi) is 5.25. The fourth-order valence-electron chi connectivity index (χ4n) is 2.75. The molecule has 0 unspecified atom stereocenters. The average molecular weight is 351 g/mol. The van der Waals surface area contributed by atoms with Crippen LogP contribution in [-0.2, 0) is 17.6 Å². The molecule has 0 aliphatic carbocycles. The lowest BCUT2D eigenvalue weighted by atomic mass is 10.0. The summed E-state index contributed by atoms with van der Waals surface area (Å²) < 4.78 is 0. The number of carbonyl (C=O) groups is 1. The number of hydrogen-bond donors (Lipinski definition) is 0. The Labute approximate surface area is 152 Å². The van der Waals surface area contributed by atoms with Crippen molar-refractivity contribution in [2.45, 2.75) is 26.7 Å². The van der Waals surface area contributed by atoms with Crippen molar-refractivity contribution < 1.29 is 4.79 Å². The molecular formula is C21H19ClN2O. The molecule has 3 rings (SSSR count). The summed E-state index contributed by atoms with van der Waals surface area (Å²) in [7, 11) is 0. The molecule has 1 heterocycles. The molecule has 3 nitrogen and oxygen atoms in total. The van der Waals surface area contributed by atoms with Crippen molar-refractivity contribution >= 4 is 17.4 Å². The normalized spacial score (nSPS) is 10.7. The quantitative estimate of drug-likeness (QED) is 0.662. The first kappa shape index (κ1) is 17.3. The van der Waals surface area contributed by atoms with Crippen molar-refractivity contribution in [1.29, 1.82) is 0 Å². The van der Waals surface area contributed by atoms with Gasteiger partial charge in [0.05, 0.1) is 0 Å². The van der Waals surface area contributed by atoms with Crippen LogP contribution < -0.4 is 0 Å². The van der Waals surface area contributed by atoms with Crippen LogP contribution in [0.25, 0.3) is 11.4 Å². The number of rotatable bonds is 5. The number of nitrogens with zero attached hydrogens (tertiary/aromatic N) is 2. The molecule has 0 radical (unpaired) electrons.